The highest BCUT2D eigenvalue weighted by Gasteiger charge is 2.42. The summed E-state index contributed by atoms with van der Waals surface area (Å²) in [5, 5.41) is 0. The Hall–Kier alpha value is -0.570. The number of hydrogen-bond donors (Lipinski definition) is 0. The van der Waals surface area contributed by atoms with E-state index in [1.807, 2.05) is 0 Å². The summed E-state index contributed by atoms with van der Waals surface area (Å²) in [6, 6.07) is 0.357. The highest BCUT2D eigenvalue weighted by molar-refractivity contribution is 5.76. The standard InChI is InChI=1S/C11H21NO2/c1-8(2)12-7-11(3,4)6-9(12)10(13)14-5/h8-9H,6-7H2,1-5H3/t9-/m0/s1. The van der Waals surface area contributed by atoms with Crippen LogP contribution in [0.3, 0.4) is 0 Å². The van der Waals surface area contributed by atoms with Gasteiger partial charge < -0.3 is 4.74 Å². The molecular formula is C11H21NO2. The first-order valence-corrected chi connectivity index (χ1v) is 5.21. The number of ether oxygens (including phenoxy) is 1. The van der Waals surface area contributed by atoms with Gasteiger partial charge in [-0.25, -0.2) is 0 Å². The molecule has 1 saturated heterocycles. The summed E-state index contributed by atoms with van der Waals surface area (Å²) in [4.78, 5) is 13.8. The van der Waals surface area contributed by atoms with Crippen LogP contribution in [0.4, 0.5) is 0 Å². The lowest BCUT2D eigenvalue weighted by molar-refractivity contribution is -0.146. The van der Waals surface area contributed by atoms with Crippen molar-refractivity contribution in [1.82, 2.24) is 4.90 Å². The molecule has 1 rings (SSSR count). The third-order valence-electron chi connectivity index (χ3n) is 2.89. The molecular weight excluding hydrogens is 178 g/mol. The number of hydrogen-bond acceptors (Lipinski definition) is 3. The Morgan fingerprint density at radius 2 is 2.07 bits per heavy atom. The van der Waals surface area contributed by atoms with Gasteiger partial charge in [-0.15, -0.1) is 0 Å². The van der Waals surface area contributed by atoms with E-state index in [4.69, 9.17) is 4.74 Å². The predicted octanol–water partition coefficient (Wildman–Crippen LogP) is 1.67. The summed E-state index contributed by atoms with van der Waals surface area (Å²) in [5.74, 6) is -0.0933. The summed E-state index contributed by atoms with van der Waals surface area (Å²) in [6.07, 6.45) is 0.901. The second kappa shape index (κ2) is 3.89. The second-order valence-electron chi connectivity index (χ2n) is 5.17. The largest absolute Gasteiger partial charge is 0.468 e. The first-order valence-electron chi connectivity index (χ1n) is 5.21. The van der Waals surface area contributed by atoms with Crippen LogP contribution in [0.2, 0.25) is 0 Å². The molecule has 0 spiro atoms. The third kappa shape index (κ3) is 2.27. The number of likely N-dealkylation sites (tertiary alicyclic amines) is 1. The van der Waals surface area contributed by atoms with Gasteiger partial charge in [0.1, 0.15) is 6.04 Å². The van der Waals surface area contributed by atoms with E-state index in [0.29, 0.717) is 6.04 Å². The van der Waals surface area contributed by atoms with E-state index in [0.717, 1.165) is 13.0 Å². The number of carbonyl (C=O) groups is 1. The van der Waals surface area contributed by atoms with E-state index < -0.39 is 0 Å². The van der Waals surface area contributed by atoms with Crippen molar-refractivity contribution in [3.63, 3.8) is 0 Å². The monoisotopic (exact) mass is 199 g/mol. The van der Waals surface area contributed by atoms with Crippen molar-refractivity contribution in [1.29, 1.82) is 0 Å². The Kier molecular flexibility index (Phi) is 3.20. The van der Waals surface area contributed by atoms with Crippen molar-refractivity contribution in [3.8, 4) is 0 Å². The van der Waals surface area contributed by atoms with Gasteiger partial charge in [-0.3, -0.25) is 9.69 Å². The summed E-state index contributed by atoms with van der Waals surface area (Å²) < 4.78 is 4.83. The quantitative estimate of drug-likeness (QED) is 0.634. The smallest absolute Gasteiger partial charge is 0.323 e. The van der Waals surface area contributed by atoms with Gasteiger partial charge in [-0.1, -0.05) is 13.8 Å². The van der Waals surface area contributed by atoms with E-state index >= 15 is 0 Å². The minimum Gasteiger partial charge on any atom is -0.468 e. The van der Waals surface area contributed by atoms with Crippen LogP contribution in [0.15, 0.2) is 0 Å². The van der Waals surface area contributed by atoms with Crippen LogP contribution in [0.25, 0.3) is 0 Å². The summed E-state index contributed by atoms with van der Waals surface area (Å²) >= 11 is 0. The van der Waals surface area contributed by atoms with Crippen LogP contribution < -0.4 is 0 Å². The molecule has 1 aliphatic heterocycles. The Bertz CT molecular complexity index is 223. The van der Waals surface area contributed by atoms with Crippen molar-refractivity contribution in [2.24, 2.45) is 5.41 Å². The van der Waals surface area contributed by atoms with E-state index in [9.17, 15) is 4.79 Å². The molecule has 0 amide bonds. The summed E-state index contributed by atoms with van der Waals surface area (Å²) in [6.45, 7) is 9.62. The van der Waals surface area contributed by atoms with E-state index in [1.165, 1.54) is 7.11 Å². The highest BCUT2D eigenvalue weighted by atomic mass is 16.5. The van der Waals surface area contributed by atoms with Crippen molar-refractivity contribution < 1.29 is 9.53 Å². The third-order valence-corrected chi connectivity index (χ3v) is 2.89. The van der Waals surface area contributed by atoms with Crippen molar-refractivity contribution in [3.05, 3.63) is 0 Å². The molecule has 1 aliphatic rings. The first kappa shape index (κ1) is 11.5. The van der Waals surface area contributed by atoms with Crippen LogP contribution in [-0.4, -0.2) is 36.6 Å². The fourth-order valence-corrected chi connectivity index (χ4v) is 2.21. The van der Waals surface area contributed by atoms with Crippen LogP contribution in [0.1, 0.15) is 34.1 Å². The fraction of sp³-hybridized carbons (Fsp3) is 0.909. The van der Waals surface area contributed by atoms with Crippen LogP contribution >= 0.6 is 0 Å². The van der Waals surface area contributed by atoms with E-state index in [-0.39, 0.29) is 17.4 Å². The molecule has 3 nitrogen and oxygen atoms in total. The summed E-state index contributed by atoms with van der Waals surface area (Å²) in [7, 11) is 1.46. The first-order chi connectivity index (χ1) is 6.37. The molecule has 82 valence electrons. The Balaban J connectivity index is 2.77. The average molecular weight is 199 g/mol. The van der Waals surface area contributed by atoms with Gasteiger partial charge in [0, 0.05) is 12.6 Å². The van der Waals surface area contributed by atoms with Crippen LogP contribution in [-0.2, 0) is 9.53 Å². The zero-order valence-corrected chi connectivity index (χ0v) is 9.83. The van der Waals surface area contributed by atoms with Gasteiger partial charge in [0.25, 0.3) is 0 Å². The van der Waals surface area contributed by atoms with Crippen LogP contribution in [0.5, 0.6) is 0 Å². The lowest BCUT2D eigenvalue weighted by atomic mass is 9.91. The van der Waals surface area contributed by atoms with Crippen molar-refractivity contribution in [2.75, 3.05) is 13.7 Å². The minimum atomic E-state index is -0.0933. The molecule has 0 aromatic rings. The molecule has 0 unspecified atom stereocenters. The topological polar surface area (TPSA) is 29.5 Å². The van der Waals surface area contributed by atoms with Gasteiger partial charge in [0.15, 0.2) is 0 Å². The zero-order valence-electron chi connectivity index (χ0n) is 9.83. The number of esters is 1. The maximum Gasteiger partial charge on any atom is 0.323 e. The fourth-order valence-electron chi connectivity index (χ4n) is 2.21. The van der Waals surface area contributed by atoms with Gasteiger partial charge in [0.2, 0.25) is 0 Å². The molecule has 0 aromatic heterocycles. The second-order valence-corrected chi connectivity index (χ2v) is 5.17. The lowest BCUT2D eigenvalue weighted by Crippen LogP contribution is -2.41. The molecule has 0 aromatic carbocycles. The number of carbonyl (C=O) groups excluding carboxylic acids is 1. The number of methoxy groups -OCH3 is 1. The zero-order chi connectivity index (χ0) is 10.9. The molecule has 0 radical (unpaired) electrons. The Labute approximate surface area is 86.4 Å². The lowest BCUT2D eigenvalue weighted by Gasteiger charge is -2.26. The molecule has 0 saturated carbocycles. The van der Waals surface area contributed by atoms with Crippen LogP contribution in [0, 0.1) is 5.41 Å². The maximum atomic E-state index is 11.6. The van der Waals surface area contributed by atoms with Gasteiger partial charge in [0.05, 0.1) is 7.11 Å². The van der Waals surface area contributed by atoms with Crippen molar-refractivity contribution >= 4 is 5.97 Å². The minimum absolute atomic E-state index is 0.0463. The van der Waals surface area contributed by atoms with Gasteiger partial charge >= 0.3 is 5.97 Å². The molecule has 1 atom stereocenters. The van der Waals surface area contributed by atoms with E-state index in [1.54, 1.807) is 0 Å². The molecule has 1 fully saturated rings. The molecule has 0 N–H and O–H groups in total. The Morgan fingerprint density at radius 3 is 2.50 bits per heavy atom. The SMILES string of the molecule is COC(=O)[C@@H]1CC(C)(C)CN1C(C)C. The Morgan fingerprint density at radius 1 is 1.50 bits per heavy atom. The van der Waals surface area contributed by atoms with Gasteiger partial charge in [-0.05, 0) is 25.7 Å². The predicted molar refractivity (Wildman–Crippen MR) is 56.0 cm³/mol. The van der Waals surface area contributed by atoms with Gasteiger partial charge in [-0.2, -0.15) is 0 Å². The molecule has 0 aliphatic carbocycles. The molecule has 3 heteroatoms. The highest BCUT2D eigenvalue weighted by Crippen LogP contribution is 2.35. The molecule has 1 heterocycles. The molecule has 14 heavy (non-hydrogen) atoms. The maximum absolute atomic E-state index is 11.6. The average Bonchev–Trinajstić information content (AvgIpc) is 2.40. The molecule has 0 bridgehead atoms. The van der Waals surface area contributed by atoms with E-state index in [2.05, 4.69) is 32.6 Å². The number of nitrogens with zero attached hydrogens (tertiary/aromatic N) is 1. The normalized spacial score (nSPS) is 26.9. The van der Waals surface area contributed by atoms with Crippen molar-refractivity contribution in [2.45, 2.75) is 46.2 Å². The number of rotatable bonds is 2. The summed E-state index contributed by atoms with van der Waals surface area (Å²) in [5.41, 5.74) is 0.225.